The summed E-state index contributed by atoms with van der Waals surface area (Å²) in [5, 5.41) is 0. The van der Waals surface area contributed by atoms with Crippen molar-refractivity contribution in [3.8, 4) is 0 Å². The predicted octanol–water partition coefficient (Wildman–Crippen LogP) is 1.53. The van der Waals surface area contributed by atoms with Crippen LogP contribution in [0.25, 0.3) is 0 Å². The van der Waals surface area contributed by atoms with Gasteiger partial charge in [0.1, 0.15) is 5.82 Å². The molecule has 0 fully saturated rings. The zero-order chi connectivity index (χ0) is 16.2. The normalized spacial score (nSPS) is 11.2. The van der Waals surface area contributed by atoms with Gasteiger partial charge in [-0.1, -0.05) is 13.8 Å². The third kappa shape index (κ3) is 4.90. The summed E-state index contributed by atoms with van der Waals surface area (Å²) >= 11 is 0. The minimum absolute atomic E-state index is 0.0702. The highest BCUT2D eigenvalue weighted by Gasteiger charge is 2.18. The van der Waals surface area contributed by atoms with Crippen LogP contribution in [0.2, 0.25) is 0 Å². The molecule has 0 bridgehead atoms. The average Bonchev–Trinajstić information content (AvgIpc) is 2.33. The fraction of sp³-hybridized carbons (Fsp3) is 0.533. The molecule has 0 saturated heterocycles. The van der Waals surface area contributed by atoms with E-state index in [-0.39, 0.29) is 11.3 Å². The first-order valence-corrected chi connectivity index (χ1v) is 7.00. The van der Waals surface area contributed by atoms with Crippen molar-refractivity contribution in [1.29, 1.82) is 0 Å². The average molecular weight is 296 g/mol. The number of rotatable bonds is 7. The summed E-state index contributed by atoms with van der Waals surface area (Å²) < 4.78 is 14.2. The lowest BCUT2D eigenvalue weighted by Crippen LogP contribution is -2.35. The number of hydrogen-bond acceptors (Lipinski definition) is 4. The Balaban J connectivity index is 3.16. The Morgan fingerprint density at radius 3 is 2.38 bits per heavy atom. The number of nitrogen functional groups attached to an aromatic ring is 1. The second kappa shape index (κ2) is 7.26. The van der Waals surface area contributed by atoms with Crippen LogP contribution in [0.4, 0.5) is 15.8 Å². The van der Waals surface area contributed by atoms with Crippen molar-refractivity contribution in [1.82, 2.24) is 4.90 Å². The Kier molecular flexibility index (Phi) is 5.96. The van der Waals surface area contributed by atoms with Crippen molar-refractivity contribution >= 4 is 17.3 Å². The summed E-state index contributed by atoms with van der Waals surface area (Å²) in [5.41, 5.74) is 11.5. The van der Waals surface area contributed by atoms with E-state index in [0.29, 0.717) is 24.7 Å². The predicted molar refractivity (Wildman–Crippen MR) is 84.9 cm³/mol. The summed E-state index contributed by atoms with van der Waals surface area (Å²) in [4.78, 5) is 15.3. The molecule has 0 aliphatic carbocycles. The van der Waals surface area contributed by atoms with Crippen molar-refractivity contribution in [2.75, 3.05) is 44.4 Å². The Morgan fingerprint density at radius 2 is 1.90 bits per heavy atom. The van der Waals surface area contributed by atoms with Crippen LogP contribution in [0.5, 0.6) is 0 Å². The van der Waals surface area contributed by atoms with Crippen molar-refractivity contribution in [3.63, 3.8) is 0 Å². The number of amides is 1. The van der Waals surface area contributed by atoms with Gasteiger partial charge in [0.2, 0.25) is 0 Å². The molecule has 0 unspecified atom stereocenters. The number of carbonyl (C=O) groups is 1. The molecule has 5 nitrogen and oxygen atoms in total. The molecule has 1 aromatic rings. The molecule has 1 amide bonds. The van der Waals surface area contributed by atoms with Crippen molar-refractivity contribution < 1.29 is 9.18 Å². The van der Waals surface area contributed by atoms with Gasteiger partial charge in [-0.25, -0.2) is 4.39 Å². The van der Waals surface area contributed by atoms with Crippen LogP contribution in [0, 0.1) is 11.7 Å². The van der Waals surface area contributed by atoms with E-state index in [1.807, 2.05) is 23.9 Å². The van der Waals surface area contributed by atoms with Crippen LogP contribution in [0.3, 0.4) is 0 Å². The fourth-order valence-corrected chi connectivity index (χ4v) is 2.10. The Labute approximate surface area is 125 Å². The Morgan fingerprint density at radius 1 is 1.29 bits per heavy atom. The molecule has 0 radical (unpaired) electrons. The minimum atomic E-state index is -0.647. The monoisotopic (exact) mass is 296 g/mol. The molecule has 0 saturated carbocycles. The van der Waals surface area contributed by atoms with Gasteiger partial charge in [-0.15, -0.1) is 0 Å². The maximum atomic E-state index is 14.2. The number of primary amides is 1. The summed E-state index contributed by atoms with van der Waals surface area (Å²) in [5.74, 6) is -0.719. The highest BCUT2D eigenvalue weighted by Crippen LogP contribution is 2.26. The minimum Gasteiger partial charge on any atom is -0.398 e. The van der Waals surface area contributed by atoms with Crippen molar-refractivity contribution in [2.45, 2.75) is 13.8 Å². The molecule has 4 N–H and O–H groups in total. The molecule has 1 aromatic carbocycles. The summed E-state index contributed by atoms with van der Waals surface area (Å²) in [6, 6.07) is 2.61. The number of hydrogen-bond donors (Lipinski definition) is 2. The van der Waals surface area contributed by atoms with E-state index in [2.05, 4.69) is 13.8 Å². The first-order valence-electron chi connectivity index (χ1n) is 7.00. The molecule has 0 atom stereocenters. The summed E-state index contributed by atoms with van der Waals surface area (Å²) in [7, 11) is 3.92. The number of nitrogens with zero attached hydrogens (tertiary/aromatic N) is 2. The number of halogens is 1. The van der Waals surface area contributed by atoms with Gasteiger partial charge in [-0.3, -0.25) is 4.79 Å². The standard InChI is InChI=1S/C15H25FN4O/c1-10(2)9-20(6-5-19(3)4)14-7-11(15(18)21)13(17)8-12(14)16/h7-8,10H,5-6,9,17H2,1-4H3,(H2,18,21). The third-order valence-electron chi connectivity index (χ3n) is 3.13. The van der Waals surface area contributed by atoms with Crippen LogP contribution in [0.15, 0.2) is 12.1 Å². The van der Waals surface area contributed by atoms with Gasteiger partial charge in [-0.05, 0) is 32.1 Å². The molecule has 21 heavy (non-hydrogen) atoms. The van der Waals surface area contributed by atoms with Gasteiger partial charge in [0.05, 0.1) is 11.3 Å². The molecule has 1 rings (SSSR count). The maximum absolute atomic E-state index is 14.2. The quantitative estimate of drug-likeness (QED) is 0.748. The lowest BCUT2D eigenvalue weighted by molar-refractivity contribution is 0.100. The Hall–Kier alpha value is -1.82. The third-order valence-corrected chi connectivity index (χ3v) is 3.13. The first-order chi connectivity index (χ1) is 9.72. The molecule has 118 valence electrons. The van der Waals surface area contributed by atoms with E-state index in [1.54, 1.807) is 0 Å². The first kappa shape index (κ1) is 17.2. The van der Waals surface area contributed by atoms with E-state index in [0.717, 1.165) is 6.54 Å². The van der Waals surface area contributed by atoms with Gasteiger partial charge in [0.25, 0.3) is 5.91 Å². The van der Waals surface area contributed by atoms with Crippen LogP contribution < -0.4 is 16.4 Å². The molecule has 6 heteroatoms. The largest absolute Gasteiger partial charge is 0.398 e. The van der Waals surface area contributed by atoms with Crippen LogP contribution in [0.1, 0.15) is 24.2 Å². The zero-order valence-electron chi connectivity index (χ0n) is 13.2. The van der Waals surface area contributed by atoms with Crippen molar-refractivity contribution in [2.24, 2.45) is 11.7 Å². The molecule has 0 aliphatic heterocycles. The topological polar surface area (TPSA) is 75.6 Å². The van der Waals surface area contributed by atoms with Crippen LogP contribution in [-0.2, 0) is 0 Å². The number of benzene rings is 1. The van der Waals surface area contributed by atoms with Gasteiger partial charge < -0.3 is 21.3 Å². The second-order valence-electron chi connectivity index (χ2n) is 5.90. The molecular weight excluding hydrogens is 271 g/mol. The lowest BCUT2D eigenvalue weighted by Gasteiger charge is -2.29. The number of anilines is 2. The maximum Gasteiger partial charge on any atom is 0.250 e. The van der Waals surface area contributed by atoms with Crippen LogP contribution >= 0.6 is 0 Å². The van der Waals surface area contributed by atoms with Gasteiger partial charge in [0.15, 0.2) is 0 Å². The molecule has 0 heterocycles. The zero-order valence-corrected chi connectivity index (χ0v) is 13.2. The van der Waals surface area contributed by atoms with E-state index >= 15 is 0 Å². The number of likely N-dealkylation sites (N-methyl/N-ethyl adjacent to an activating group) is 1. The number of carbonyl (C=O) groups excluding carboxylic acids is 1. The van der Waals surface area contributed by atoms with E-state index in [1.165, 1.54) is 12.1 Å². The number of nitrogens with two attached hydrogens (primary N) is 2. The van der Waals surface area contributed by atoms with E-state index in [9.17, 15) is 9.18 Å². The molecule has 0 aliphatic rings. The van der Waals surface area contributed by atoms with Gasteiger partial charge in [-0.2, -0.15) is 0 Å². The van der Waals surface area contributed by atoms with E-state index < -0.39 is 11.7 Å². The highest BCUT2D eigenvalue weighted by atomic mass is 19.1. The molecular formula is C15H25FN4O. The van der Waals surface area contributed by atoms with Gasteiger partial charge in [0, 0.05) is 25.3 Å². The SMILES string of the molecule is CC(C)CN(CCN(C)C)c1cc(C(N)=O)c(N)cc1F. The Bertz CT molecular complexity index is 503. The lowest BCUT2D eigenvalue weighted by atomic mass is 10.1. The van der Waals surface area contributed by atoms with E-state index in [4.69, 9.17) is 11.5 Å². The smallest absolute Gasteiger partial charge is 0.250 e. The fourth-order valence-electron chi connectivity index (χ4n) is 2.10. The highest BCUT2D eigenvalue weighted by molar-refractivity contribution is 5.99. The van der Waals surface area contributed by atoms with Crippen molar-refractivity contribution in [3.05, 3.63) is 23.5 Å². The summed E-state index contributed by atoms with van der Waals surface area (Å²) in [6.07, 6.45) is 0. The summed E-state index contributed by atoms with van der Waals surface area (Å²) in [6.45, 7) is 6.25. The molecule has 0 aromatic heterocycles. The molecule has 0 spiro atoms. The van der Waals surface area contributed by atoms with Gasteiger partial charge >= 0.3 is 0 Å². The second-order valence-corrected chi connectivity index (χ2v) is 5.90. The van der Waals surface area contributed by atoms with Crippen LogP contribution in [-0.4, -0.2) is 44.5 Å².